The third-order valence-electron chi connectivity index (χ3n) is 8.40. The summed E-state index contributed by atoms with van der Waals surface area (Å²) in [6.45, 7) is 0.402. The van der Waals surface area contributed by atoms with E-state index in [1.165, 1.54) is 0 Å². The highest BCUT2D eigenvalue weighted by molar-refractivity contribution is 8.76. The topological polar surface area (TPSA) is 118 Å². The molecule has 7 rings (SSSR count). The Balaban J connectivity index is 1.10. The van der Waals surface area contributed by atoms with Crippen molar-refractivity contribution in [2.24, 2.45) is 0 Å². The molecule has 0 spiro atoms. The van der Waals surface area contributed by atoms with Gasteiger partial charge in [0, 0.05) is 75.0 Å². The molecule has 0 saturated carbocycles. The highest BCUT2D eigenvalue weighted by atomic mass is 35.5. The molecule has 3 heterocycles. The van der Waals surface area contributed by atoms with Crippen LogP contribution in [0, 0.1) is 0 Å². The first-order chi connectivity index (χ1) is 22.3. The van der Waals surface area contributed by atoms with Gasteiger partial charge < -0.3 is 25.3 Å². The number of nitrogens with zero attached hydrogens (tertiary/aromatic N) is 1. The number of fused-ring (bicyclic) bond motifs is 5. The fraction of sp³-hybridized carbons (Fsp3) is 0.171. The van der Waals surface area contributed by atoms with Crippen LogP contribution in [0.2, 0.25) is 0 Å². The van der Waals surface area contributed by atoms with Crippen LogP contribution in [0.25, 0.3) is 32.6 Å². The molecule has 4 aromatic carbocycles. The van der Waals surface area contributed by atoms with Gasteiger partial charge in [0.15, 0.2) is 5.78 Å². The molecule has 232 valence electrons. The van der Waals surface area contributed by atoms with E-state index in [1.54, 1.807) is 56.8 Å². The van der Waals surface area contributed by atoms with Crippen molar-refractivity contribution < 1.29 is 19.5 Å². The Hall–Kier alpha value is -4.38. The van der Waals surface area contributed by atoms with E-state index in [9.17, 15) is 19.5 Å². The molecule has 1 unspecified atom stereocenters. The van der Waals surface area contributed by atoms with Crippen molar-refractivity contribution in [2.75, 3.05) is 34.7 Å². The standard InChI is InChI=1S/C35H29ClN4O4S2/c1-45-46-11-10-31(41)19-6-8-26-20(12-19)14-28(38-26)34(43)37-23-7-9-27-21(13-23)15-29(39-27)35(44)40-18-22(17-36)33-25-5-3-2-4-24(25)32(42)16-30(33)40/h2-9,12-16,22,38-39,42H,10-11,17-18H2,1H3,(H,37,43). The molecule has 1 atom stereocenters. The lowest BCUT2D eigenvalue weighted by molar-refractivity contribution is 0.0979. The number of alkyl halides is 1. The molecular weight excluding hydrogens is 640 g/mol. The van der Waals surface area contributed by atoms with Gasteiger partial charge in [-0.05, 0) is 65.7 Å². The van der Waals surface area contributed by atoms with Crippen LogP contribution in [0.4, 0.5) is 11.4 Å². The minimum Gasteiger partial charge on any atom is -0.507 e. The molecule has 0 bridgehead atoms. The van der Waals surface area contributed by atoms with Gasteiger partial charge in [0.05, 0.1) is 5.69 Å². The molecule has 1 aliphatic heterocycles. The zero-order chi connectivity index (χ0) is 31.9. The third kappa shape index (κ3) is 5.50. The van der Waals surface area contributed by atoms with E-state index in [2.05, 4.69) is 15.3 Å². The summed E-state index contributed by atoms with van der Waals surface area (Å²) in [6, 6.07) is 23.6. The van der Waals surface area contributed by atoms with Gasteiger partial charge in [-0.1, -0.05) is 45.9 Å². The number of aromatic amines is 2. The number of anilines is 2. The Morgan fingerprint density at radius 3 is 2.43 bits per heavy atom. The molecule has 46 heavy (non-hydrogen) atoms. The van der Waals surface area contributed by atoms with Crippen LogP contribution < -0.4 is 10.2 Å². The SMILES string of the molecule is CSSCCC(=O)c1ccc2[nH]c(C(=O)Nc3ccc4[nH]c(C(=O)N5CC(CCl)c6c5cc(O)c5ccccc65)cc4c3)cc2c1. The van der Waals surface area contributed by atoms with Crippen molar-refractivity contribution in [3.63, 3.8) is 0 Å². The lowest BCUT2D eigenvalue weighted by Gasteiger charge is -2.17. The number of aromatic nitrogens is 2. The van der Waals surface area contributed by atoms with Crippen molar-refractivity contribution in [2.45, 2.75) is 12.3 Å². The number of phenolic OH excluding ortho intramolecular Hbond substituents is 1. The summed E-state index contributed by atoms with van der Waals surface area (Å²) in [6.07, 6.45) is 2.45. The van der Waals surface area contributed by atoms with Gasteiger partial charge in [-0.3, -0.25) is 14.4 Å². The van der Waals surface area contributed by atoms with E-state index in [0.29, 0.717) is 47.2 Å². The number of ketones is 1. The second kappa shape index (κ2) is 12.4. The normalized spacial score (nSPS) is 14.3. The van der Waals surface area contributed by atoms with Gasteiger partial charge in [-0.15, -0.1) is 11.6 Å². The van der Waals surface area contributed by atoms with Gasteiger partial charge >= 0.3 is 0 Å². The molecule has 0 saturated heterocycles. The first-order valence-corrected chi connectivity index (χ1v) is 18.0. The third-order valence-corrected chi connectivity index (χ3v) is 10.6. The number of benzene rings is 4. The van der Waals surface area contributed by atoms with Crippen LogP contribution in [0.3, 0.4) is 0 Å². The summed E-state index contributed by atoms with van der Waals surface area (Å²) < 4.78 is 0. The number of hydrogen-bond acceptors (Lipinski definition) is 6. The predicted molar refractivity (Wildman–Crippen MR) is 190 cm³/mol. The highest BCUT2D eigenvalue weighted by Crippen LogP contribution is 2.45. The van der Waals surface area contributed by atoms with E-state index in [-0.39, 0.29) is 29.3 Å². The maximum atomic E-state index is 13.8. The average molecular weight is 669 g/mol. The molecule has 0 fully saturated rings. The Labute approximate surface area is 277 Å². The van der Waals surface area contributed by atoms with Gasteiger partial charge in [0.2, 0.25) is 0 Å². The number of carbonyl (C=O) groups excluding carboxylic acids is 3. The number of amides is 2. The molecule has 2 amide bonds. The number of Topliss-reactive ketones (excluding diaryl/α,β-unsaturated/α-hetero) is 1. The quantitative estimate of drug-likeness (QED) is 0.0533. The maximum Gasteiger partial charge on any atom is 0.274 e. The number of carbonyl (C=O) groups is 3. The fourth-order valence-corrected chi connectivity index (χ4v) is 7.64. The van der Waals surface area contributed by atoms with Crippen LogP contribution in [0.1, 0.15) is 49.2 Å². The number of H-pyrrole nitrogens is 2. The molecular formula is C35H29ClN4O4S2. The van der Waals surface area contributed by atoms with Crippen LogP contribution >= 0.6 is 33.2 Å². The van der Waals surface area contributed by atoms with E-state index in [4.69, 9.17) is 11.6 Å². The van der Waals surface area contributed by atoms with Gasteiger partial charge in [0.1, 0.15) is 17.1 Å². The van der Waals surface area contributed by atoms with Crippen LogP contribution in [-0.4, -0.2) is 57.1 Å². The first kappa shape index (κ1) is 30.3. The molecule has 2 aromatic heterocycles. The number of halogens is 1. The first-order valence-electron chi connectivity index (χ1n) is 14.7. The van der Waals surface area contributed by atoms with Crippen molar-refractivity contribution in [1.29, 1.82) is 0 Å². The van der Waals surface area contributed by atoms with Crippen molar-refractivity contribution in [1.82, 2.24) is 9.97 Å². The highest BCUT2D eigenvalue weighted by Gasteiger charge is 2.35. The monoisotopic (exact) mass is 668 g/mol. The van der Waals surface area contributed by atoms with Crippen molar-refractivity contribution in [3.8, 4) is 5.75 Å². The minimum absolute atomic E-state index is 0.0712. The number of nitrogens with one attached hydrogen (secondary N) is 3. The van der Waals surface area contributed by atoms with E-state index >= 15 is 0 Å². The molecule has 11 heteroatoms. The summed E-state index contributed by atoms with van der Waals surface area (Å²) in [7, 11) is 3.30. The molecule has 0 radical (unpaired) electrons. The molecule has 4 N–H and O–H groups in total. The Morgan fingerprint density at radius 2 is 1.65 bits per heavy atom. The summed E-state index contributed by atoms with van der Waals surface area (Å²) in [5.41, 5.74) is 5.09. The number of rotatable bonds is 9. The lowest BCUT2D eigenvalue weighted by atomic mass is 9.95. The van der Waals surface area contributed by atoms with E-state index in [1.807, 2.05) is 54.8 Å². The average Bonchev–Trinajstić information content (AvgIpc) is 3.79. The van der Waals surface area contributed by atoms with Gasteiger partial charge in [0.25, 0.3) is 11.8 Å². The zero-order valence-electron chi connectivity index (χ0n) is 24.7. The Morgan fingerprint density at radius 1 is 0.935 bits per heavy atom. The van der Waals surface area contributed by atoms with E-state index < -0.39 is 0 Å². The minimum atomic E-state index is -0.320. The lowest BCUT2D eigenvalue weighted by Crippen LogP contribution is -2.30. The predicted octanol–water partition coefficient (Wildman–Crippen LogP) is 8.33. The summed E-state index contributed by atoms with van der Waals surface area (Å²) in [5.74, 6) is 0.663. The molecule has 8 nitrogen and oxygen atoms in total. The number of aromatic hydroxyl groups is 1. The summed E-state index contributed by atoms with van der Waals surface area (Å²) in [4.78, 5) is 47.6. The van der Waals surface area contributed by atoms with Crippen LogP contribution in [0.15, 0.2) is 78.9 Å². The molecule has 0 aliphatic carbocycles. The van der Waals surface area contributed by atoms with Gasteiger partial charge in [-0.2, -0.15) is 0 Å². The zero-order valence-corrected chi connectivity index (χ0v) is 27.1. The van der Waals surface area contributed by atoms with Crippen molar-refractivity contribution in [3.05, 3.63) is 101 Å². The maximum absolute atomic E-state index is 13.8. The van der Waals surface area contributed by atoms with Crippen LogP contribution in [-0.2, 0) is 0 Å². The molecule has 1 aliphatic rings. The second-order valence-corrected chi connectivity index (χ2v) is 14.2. The molecule has 6 aromatic rings. The van der Waals surface area contributed by atoms with E-state index in [0.717, 1.165) is 43.9 Å². The fourth-order valence-electron chi connectivity index (χ4n) is 6.20. The largest absolute Gasteiger partial charge is 0.507 e. The smallest absolute Gasteiger partial charge is 0.274 e. The second-order valence-electron chi connectivity index (χ2n) is 11.2. The summed E-state index contributed by atoms with van der Waals surface area (Å²) >= 11 is 6.36. The Kier molecular flexibility index (Phi) is 8.18. The van der Waals surface area contributed by atoms with Gasteiger partial charge in [-0.25, -0.2) is 0 Å². The number of phenols is 1. The summed E-state index contributed by atoms with van der Waals surface area (Å²) in [5, 5.41) is 16.8. The Bertz CT molecular complexity index is 2180. The van der Waals surface area contributed by atoms with Crippen LogP contribution in [0.5, 0.6) is 5.75 Å². The number of hydrogen-bond donors (Lipinski definition) is 4. The van der Waals surface area contributed by atoms with Crippen molar-refractivity contribution >= 4 is 94.7 Å².